The molecule has 1 fully saturated rings. The maximum Gasteiger partial charge on any atom is 0.412 e. The van der Waals surface area contributed by atoms with Crippen LogP contribution in [0.1, 0.15) is 13.8 Å². The predicted octanol–water partition coefficient (Wildman–Crippen LogP) is 0.718. The molecule has 0 saturated carbocycles. The van der Waals surface area contributed by atoms with Crippen LogP contribution in [0, 0.1) is 0 Å². The molecule has 0 bridgehead atoms. The molecule has 4 nitrogen and oxygen atoms in total. The maximum absolute atomic E-state index is 5.16. The minimum absolute atomic E-state index is 0.514. The third-order valence-corrected chi connectivity index (χ3v) is 1.28. The predicted molar refractivity (Wildman–Crippen MR) is 37.9 cm³/mol. The summed E-state index contributed by atoms with van der Waals surface area (Å²) < 4.78 is 20.6. The number of hydrogen-bond donors (Lipinski definition) is 0. The smallest absolute Gasteiger partial charge is 0.304 e. The van der Waals surface area contributed by atoms with E-state index in [0.717, 1.165) is 0 Å². The zero-order valence-corrected chi connectivity index (χ0v) is 6.96. The molecule has 0 aromatic carbocycles. The number of ether oxygens (including phenoxy) is 4. The average Bonchev–Trinajstić information content (AvgIpc) is 2.39. The number of hydrogen-bond acceptors (Lipinski definition) is 4. The van der Waals surface area contributed by atoms with Gasteiger partial charge in [0.2, 0.25) is 0 Å². The third kappa shape index (κ3) is 2.13. The van der Waals surface area contributed by atoms with Gasteiger partial charge in [-0.05, 0) is 13.8 Å². The van der Waals surface area contributed by atoms with E-state index in [1.54, 1.807) is 0 Å². The van der Waals surface area contributed by atoms with Gasteiger partial charge in [-0.15, -0.1) is 0 Å². The molecule has 4 heteroatoms. The monoisotopic (exact) mass is 162 g/mol. The van der Waals surface area contributed by atoms with Crippen LogP contribution < -0.4 is 0 Å². The summed E-state index contributed by atoms with van der Waals surface area (Å²) in [5.74, 6) is 0. The second-order valence-corrected chi connectivity index (χ2v) is 2.06. The third-order valence-electron chi connectivity index (χ3n) is 1.28. The summed E-state index contributed by atoms with van der Waals surface area (Å²) in [7, 11) is 0. The molecular formula is C7H14O4. The molecule has 0 aromatic rings. The summed E-state index contributed by atoms with van der Waals surface area (Å²) in [5.41, 5.74) is 0. The quantitative estimate of drug-likeness (QED) is 0.571. The fourth-order valence-electron chi connectivity index (χ4n) is 0.937. The van der Waals surface area contributed by atoms with Crippen molar-refractivity contribution < 1.29 is 18.9 Å². The van der Waals surface area contributed by atoms with Gasteiger partial charge in [-0.1, -0.05) is 0 Å². The van der Waals surface area contributed by atoms with Gasteiger partial charge < -0.3 is 18.9 Å². The Morgan fingerprint density at radius 3 is 1.91 bits per heavy atom. The van der Waals surface area contributed by atoms with E-state index in [4.69, 9.17) is 18.9 Å². The molecule has 1 saturated heterocycles. The first-order chi connectivity index (χ1) is 5.33. The zero-order chi connectivity index (χ0) is 8.16. The highest BCUT2D eigenvalue weighted by molar-refractivity contribution is 4.49. The van der Waals surface area contributed by atoms with Gasteiger partial charge in [0.25, 0.3) is 0 Å². The lowest BCUT2D eigenvalue weighted by atomic mass is 10.8. The van der Waals surface area contributed by atoms with E-state index in [0.29, 0.717) is 26.4 Å². The van der Waals surface area contributed by atoms with E-state index in [1.165, 1.54) is 0 Å². The average molecular weight is 162 g/mol. The van der Waals surface area contributed by atoms with Crippen LogP contribution in [0.5, 0.6) is 0 Å². The van der Waals surface area contributed by atoms with E-state index in [1.807, 2.05) is 13.8 Å². The molecule has 1 rings (SSSR count). The van der Waals surface area contributed by atoms with Crippen LogP contribution >= 0.6 is 0 Å². The number of rotatable bonds is 4. The Morgan fingerprint density at radius 2 is 1.55 bits per heavy atom. The van der Waals surface area contributed by atoms with E-state index < -0.39 is 6.16 Å². The minimum Gasteiger partial charge on any atom is -0.304 e. The van der Waals surface area contributed by atoms with Crippen LogP contribution in [0.3, 0.4) is 0 Å². The molecule has 0 aliphatic carbocycles. The fourth-order valence-corrected chi connectivity index (χ4v) is 0.937. The molecule has 0 radical (unpaired) electrons. The molecule has 0 amide bonds. The topological polar surface area (TPSA) is 36.9 Å². The standard InChI is InChI=1S/C7H14O4/c1-3-8-7(9-4-2)10-5-6-11-7/h3-6H2,1-2H3. The lowest BCUT2D eigenvalue weighted by Gasteiger charge is -2.24. The highest BCUT2D eigenvalue weighted by atomic mass is 17.0. The van der Waals surface area contributed by atoms with Gasteiger partial charge in [-0.3, -0.25) is 0 Å². The Morgan fingerprint density at radius 1 is 1.09 bits per heavy atom. The second-order valence-electron chi connectivity index (χ2n) is 2.06. The maximum atomic E-state index is 5.16. The van der Waals surface area contributed by atoms with Crippen LogP contribution in [-0.4, -0.2) is 32.6 Å². The lowest BCUT2D eigenvalue weighted by molar-refractivity contribution is -0.461. The Kier molecular flexibility index (Phi) is 3.26. The second kappa shape index (κ2) is 4.01. The van der Waals surface area contributed by atoms with Crippen molar-refractivity contribution in [3.05, 3.63) is 0 Å². The molecule has 0 spiro atoms. The van der Waals surface area contributed by atoms with E-state index in [2.05, 4.69) is 0 Å². The summed E-state index contributed by atoms with van der Waals surface area (Å²) in [6.45, 7) is 5.82. The van der Waals surface area contributed by atoms with Gasteiger partial charge in [0.15, 0.2) is 0 Å². The Balaban J connectivity index is 2.40. The summed E-state index contributed by atoms with van der Waals surface area (Å²) in [4.78, 5) is 0. The fraction of sp³-hybridized carbons (Fsp3) is 1.00. The van der Waals surface area contributed by atoms with Gasteiger partial charge in [0, 0.05) is 0 Å². The zero-order valence-electron chi connectivity index (χ0n) is 6.96. The summed E-state index contributed by atoms with van der Waals surface area (Å²) in [6, 6.07) is 0. The summed E-state index contributed by atoms with van der Waals surface area (Å²) in [5, 5.41) is 0. The molecule has 1 heterocycles. The van der Waals surface area contributed by atoms with Crippen molar-refractivity contribution in [1.82, 2.24) is 0 Å². The molecule has 11 heavy (non-hydrogen) atoms. The molecule has 66 valence electrons. The van der Waals surface area contributed by atoms with E-state index in [-0.39, 0.29) is 0 Å². The van der Waals surface area contributed by atoms with Crippen molar-refractivity contribution in [3.8, 4) is 0 Å². The van der Waals surface area contributed by atoms with Gasteiger partial charge >= 0.3 is 6.16 Å². The van der Waals surface area contributed by atoms with E-state index >= 15 is 0 Å². The van der Waals surface area contributed by atoms with Crippen LogP contribution in [0.15, 0.2) is 0 Å². The van der Waals surface area contributed by atoms with Crippen molar-refractivity contribution in [1.29, 1.82) is 0 Å². The highest BCUT2D eigenvalue weighted by Gasteiger charge is 2.39. The summed E-state index contributed by atoms with van der Waals surface area (Å²) in [6.07, 6.45) is -1.20. The molecule has 1 aliphatic heterocycles. The van der Waals surface area contributed by atoms with Crippen LogP contribution in [0.4, 0.5) is 0 Å². The van der Waals surface area contributed by atoms with Gasteiger partial charge in [0.05, 0.1) is 26.4 Å². The van der Waals surface area contributed by atoms with Crippen molar-refractivity contribution in [2.45, 2.75) is 20.0 Å². The Labute approximate surface area is 66.4 Å². The normalized spacial score (nSPS) is 22.4. The molecular weight excluding hydrogens is 148 g/mol. The Hall–Kier alpha value is -0.160. The highest BCUT2D eigenvalue weighted by Crippen LogP contribution is 2.21. The van der Waals surface area contributed by atoms with Gasteiger partial charge in [-0.2, -0.15) is 0 Å². The Bertz CT molecular complexity index is 101. The molecule has 0 unspecified atom stereocenters. The first-order valence-corrected chi connectivity index (χ1v) is 3.89. The van der Waals surface area contributed by atoms with Crippen molar-refractivity contribution >= 4 is 0 Å². The summed E-state index contributed by atoms with van der Waals surface area (Å²) >= 11 is 0. The van der Waals surface area contributed by atoms with E-state index in [9.17, 15) is 0 Å². The van der Waals surface area contributed by atoms with Gasteiger partial charge in [0.1, 0.15) is 0 Å². The van der Waals surface area contributed by atoms with Crippen molar-refractivity contribution in [2.75, 3.05) is 26.4 Å². The first-order valence-electron chi connectivity index (χ1n) is 3.89. The van der Waals surface area contributed by atoms with Crippen molar-refractivity contribution in [2.24, 2.45) is 0 Å². The first kappa shape index (κ1) is 8.93. The molecule has 0 atom stereocenters. The van der Waals surface area contributed by atoms with Crippen molar-refractivity contribution in [3.63, 3.8) is 0 Å². The lowest BCUT2D eigenvalue weighted by Crippen LogP contribution is -2.37. The molecule has 0 aromatic heterocycles. The minimum atomic E-state index is -1.20. The van der Waals surface area contributed by atoms with Crippen LogP contribution in [-0.2, 0) is 18.9 Å². The molecule has 0 N–H and O–H groups in total. The van der Waals surface area contributed by atoms with Crippen LogP contribution in [0.2, 0.25) is 0 Å². The largest absolute Gasteiger partial charge is 0.412 e. The van der Waals surface area contributed by atoms with Crippen LogP contribution in [0.25, 0.3) is 0 Å². The SMILES string of the molecule is CCOC1(OCC)OCCO1. The molecule has 1 aliphatic rings. The van der Waals surface area contributed by atoms with Gasteiger partial charge in [-0.25, -0.2) is 0 Å².